The zero-order chi connectivity index (χ0) is 16.9. The summed E-state index contributed by atoms with van der Waals surface area (Å²) < 4.78 is 5.74. The highest BCUT2D eigenvalue weighted by Crippen LogP contribution is 2.23. The molecule has 0 radical (unpaired) electrons. The molecule has 6 heteroatoms. The molecule has 0 saturated heterocycles. The van der Waals surface area contributed by atoms with Crippen LogP contribution in [0, 0.1) is 0 Å². The molecule has 0 aliphatic rings. The van der Waals surface area contributed by atoms with E-state index in [4.69, 9.17) is 4.42 Å². The second-order valence-corrected chi connectivity index (χ2v) is 5.44. The molecular weight excluding hydrogens is 304 g/mol. The van der Waals surface area contributed by atoms with Crippen LogP contribution in [0.2, 0.25) is 0 Å². The molecule has 0 saturated carbocycles. The van der Waals surface area contributed by atoms with E-state index >= 15 is 0 Å². The lowest BCUT2D eigenvalue weighted by molar-refractivity contribution is -0.114. The van der Waals surface area contributed by atoms with E-state index in [1.54, 1.807) is 0 Å². The van der Waals surface area contributed by atoms with Gasteiger partial charge in [-0.1, -0.05) is 18.2 Å². The summed E-state index contributed by atoms with van der Waals surface area (Å²) in [4.78, 5) is 11.0. The second kappa shape index (κ2) is 6.95. The predicted octanol–water partition coefficient (Wildman–Crippen LogP) is 3.87. The maximum atomic E-state index is 11.0. The van der Waals surface area contributed by atoms with Crippen molar-refractivity contribution in [3.63, 3.8) is 0 Å². The van der Waals surface area contributed by atoms with Gasteiger partial charge in [0.2, 0.25) is 17.7 Å². The van der Waals surface area contributed by atoms with Crippen LogP contribution in [-0.2, 0) is 4.79 Å². The fourth-order valence-corrected chi connectivity index (χ4v) is 2.27. The third-order valence-corrected chi connectivity index (χ3v) is 3.42. The molecule has 0 aliphatic carbocycles. The van der Waals surface area contributed by atoms with Gasteiger partial charge in [0.05, 0.1) is 0 Å². The molecule has 6 nitrogen and oxygen atoms in total. The molecule has 0 spiro atoms. The lowest BCUT2D eigenvalue weighted by Gasteiger charge is -2.12. The van der Waals surface area contributed by atoms with Gasteiger partial charge in [-0.2, -0.15) is 0 Å². The standard InChI is InChI=1S/C18H18N4O2/c1-12(19-15-8-10-16(11-9-15)20-13(2)23)17-21-22-18(24-17)14-6-4-3-5-7-14/h3-12,19H,1-2H3,(H,20,23)/t12-/m0/s1. The number of amides is 1. The zero-order valence-corrected chi connectivity index (χ0v) is 13.5. The Kier molecular flexibility index (Phi) is 4.56. The first kappa shape index (κ1) is 15.7. The lowest BCUT2D eigenvalue weighted by Crippen LogP contribution is -2.08. The van der Waals surface area contributed by atoms with Crippen LogP contribution in [0.15, 0.2) is 59.0 Å². The third-order valence-electron chi connectivity index (χ3n) is 3.42. The molecule has 2 N–H and O–H groups in total. The van der Waals surface area contributed by atoms with Gasteiger partial charge in [0.15, 0.2) is 0 Å². The average Bonchev–Trinajstić information content (AvgIpc) is 3.07. The molecule has 1 aromatic heterocycles. The Balaban J connectivity index is 1.68. The first-order valence-electron chi connectivity index (χ1n) is 7.65. The summed E-state index contributed by atoms with van der Waals surface area (Å²) in [7, 11) is 0. The van der Waals surface area contributed by atoms with E-state index in [9.17, 15) is 4.79 Å². The molecule has 0 unspecified atom stereocenters. The molecule has 3 rings (SSSR count). The van der Waals surface area contributed by atoms with E-state index in [2.05, 4.69) is 20.8 Å². The van der Waals surface area contributed by atoms with Crippen molar-refractivity contribution in [1.82, 2.24) is 10.2 Å². The number of nitrogens with zero attached hydrogens (tertiary/aromatic N) is 2. The first-order valence-corrected chi connectivity index (χ1v) is 7.65. The SMILES string of the molecule is CC(=O)Nc1ccc(N[C@@H](C)c2nnc(-c3ccccc3)o2)cc1. The van der Waals surface area contributed by atoms with Crippen molar-refractivity contribution in [3.8, 4) is 11.5 Å². The lowest BCUT2D eigenvalue weighted by atomic mass is 10.2. The third kappa shape index (κ3) is 3.78. The number of anilines is 2. The van der Waals surface area contributed by atoms with Gasteiger partial charge >= 0.3 is 0 Å². The number of carbonyl (C=O) groups is 1. The fraction of sp³-hybridized carbons (Fsp3) is 0.167. The molecule has 1 heterocycles. The Hall–Kier alpha value is -3.15. The van der Waals surface area contributed by atoms with Gasteiger partial charge in [-0.25, -0.2) is 0 Å². The Morgan fingerprint density at radius 2 is 1.67 bits per heavy atom. The summed E-state index contributed by atoms with van der Waals surface area (Å²) in [6.45, 7) is 3.43. The maximum absolute atomic E-state index is 11.0. The van der Waals surface area contributed by atoms with Crippen molar-refractivity contribution in [1.29, 1.82) is 0 Å². The number of hydrogen-bond donors (Lipinski definition) is 2. The summed E-state index contributed by atoms with van der Waals surface area (Å²) in [6, 6.07) is 16.9. The highest BCUT2D eigenvalue weighted by atomic mass is 16.4. The molecule has 0 aliphatic heterocycles. The van der Waals surface area contributed by atoms with Crippen LogP contribution in [-0.4, -0.2) is 16.1 Å². The zero-order valence-electron chi connectivity index (χ0n) is 13.5. The minimum absolute atomic E-state index is 0.0941. The van der Waals surface area contributed by atoms with Crippen LogP contribution in [0.25, 0.3) is 11.5 Å². The largest absolute Gasteiger partial charge is 0.418 e. The number of carbonyl (C=O) groups excluding carboxylic acids is 1. The van der Waals surface area contributed by atoms with Crippen molar-refractivity contribution in [2.24, 2.45) is 0 Å². The minimum atomic E-state index is -0.137. The summed E-state index contributed by atoms with van der Waals surface area (Å²) in [5.41, 5.74) is 2.55. The average molecular weight is 322 g/mol. The van der Waals surface area contributed by atoms with Crippen LogP contribution in [0.4, 0.5) is 11.4 Å². The van der Waals surface area contributed by atoms with Gasteiger partial charge in [-0.3, -0.25) is 4.79 Å². The Bertz CT molecular complexity index is 813. The summed E-state index contributed by atoms with van der Waals surface area (Å²) >= 11 is 0. The van der Waals surface area contributed by atoms with E-state index < -0.39 is 0 Å². The van der Waals surface area contributed by atoms with Crippen molar-refractivity contribution >= 4 is 17.3 Å². The van der Waals surface area contributed by atoms with Gasteiger partial charge in [-0.15, -0.1) is 10.2 Å². The van der Waals surface area contributed by atoms with Crippen molar-refractivity contribution < 1.29 is 9.21 Å². The minimum Gasteiger partial charge on any atom is -0.418 e. The Labute approximate surface area is 139 Å². The normalized spacial score (nSPS) is 11.8. The van der Waals surface area contributed by atoms with Gasteiger partial charge in [-0.05, 0) is 43.3 Å². The molecule has 1 amide bonds. The van der Waals surface area contributed by atoms with E-state index in [-0.39, 0.29) is 11.9 Å². The first-order chi connectivity index (χ1) is 11.6. The quantitative estimate of drug-likeness (QED) is 0.745. The number of rotatable bonds is 5. The van der Waals surface area contributed by atoms with E-state index in [0.717, 1.165) is 16.9 Å². The van der Waals surface area contributed by atoms with Crippen LogP contribution in [0.1, 0.15) is 25.8 Å². The number of aromatic nitrogens is 2. The van der Waals surface area contributed by atoms with E-state index in [1.165, 1.54) is 6.92 Å². The summed E-state index contributed by atoms with van der Waals surface area (Å²) in [6.07, 6.45) is 0. The highest BCUT2D eigenvalue weighted by Gasteiger charge is 2.14. The molecule has 24 heavy (non-hydrogen) atoms. The number of benzene rings is 2. The topological polar surface area (TPSA) is 80.0 Å². The van der Waals surface area contributed by atoms with Gasteiger partial charge in [0, 0.05) is 23.9 Å². The van der Waals surface area contributed by atoms with Crippen molar-refractivity contribution in [3.05, 3.63) is 60.5 Å². The fourth-order valence-electron chi connectivity index (χ4n) is 2.27. The number of hydrogen-bond acceptors (Lipinski definition) is 5. The molecule has 0 fully saturated rings. The molecule has 2 aromatic carbocycles. The Morgan fingerprint density at radius 1 is 1.00 bits per heavy atom. The Morgan fingerprint density at radius 3 is 2.33 bits per heavy atom. The van der Waals surface area contributed by atoms with Crippen molar-refractivity contribution in [2.45, 2.75) is 19.9 Å². The highest BCUT2D eigenvalue weighted by molar-refractivity contribution is 5.88. The molecular formula is C18H18N4O2. The van der Waals surface area contributed by atoms with Gasteiger partial charge in [0.25, 0.3) is 0 Å². The summed E-state index contributed by atoms with van der Waals surface area (Å²) in [5.74, 6) is 0.920. The van der Waals surface area contributed by atoms with Crippen molar-refractivity contribution in [2.75, 3.05) is 10.6 Å². The predicted molar refractivity (Wildman–Crippen MR) is 92.5 cm³/mol. The number of nitrogens with one attached hydrogen (secondary N) is 2. The van der Waals surface area contributed by atoms with E-state index in [0.29, 0.717) is 11.8 Å². The smallest absolute Gasteiger partial charge is 0.247 e. The molecule has 1 atom stereocenters. The van der Waals surface area contributed by atoms with Crippen LogP contribution in [0.5, 0.6) is 0 Å². The molecule has 3 aromatic rings. The second-order valence-electron chi connectivity index (χ2n) is 5.44. The van der Waals surface area contributed by atoms with Crippen LogP contribution in [0.3, 0.4) is 0 Å². The van der Waals surface area contributed by atoms with Crippen LogP contribution >= 0.6 is 0 Å². The monoisotopic (exact) mass is 322 g/mol. The van der Waals surface area contributed by atoms with Gasteiger partial charge < -0.3 is 15.1 Å². The summed E-state index contributed by atoms with van der Waals surface area (Å²) in [5, 5.41) is 14.2. The van der Waals surface area contributed by atoms with Crippen LogP contribution < -0.4 is 10.6 Å². The molecule has 0 bridgehead atoms. The van der Waals surface area contributed by atoms with Gasteiger partial charge in [0.1, 0.15) is 6.04 Å². The molecule has 122 valence electrons. The van der Waals surface area contributed by atoms with E-state index in [1.807, 2.05) is 61.5 Å². The maximum Gasteiger partial charge on any atom is 0.247 e.